The first-order valence-electron chi connectivity index (χ1n) is 7.18. The number of nitrogens with zero attached hydrogens (tertiary/aromatic N) is 4. The van der Waals surface area contributed by atoms with Crippen LogP contribution >= 0.6 is 0 Å². The van der Waals surface area contributed by atoms with Gasteiger partial charge in [0, 0.05) is 6.04 Å². The summed E-state index contributed by atoms with van der Waals surface area (Å²) in [7, 11) is 0. The topological polar surface area (TPSA) is 77.0 Å². The van der Waals surface area contributed by atoms with E-state index in [1.807, 2.05) is 35.0 Å². The molecule has 1 saturated heterocycles. The first-order chi connectivity index (χ1) is 10.3. The molecular formula is C15H19N5O. The van der Waals surface area contributed by atoms with Crippen molar-refractivity contribution in [3.05, 3.63) is 48.5 Å². The lowest BCUT2D eigenvalue weighted by atomic mass is 10.0. The van der Waals surface area contributed by atoms with Crippen LogP contribution in [0.5, 0.6) is 0 Å². The predicted molar refractivity (Wildman–Crippen MR) is 78.1 cm³/mol. The maximum atomic E-state index is 12.0. The second kappa shape index (κ2) is 6.05. The van der Waals surface area contributed by atoms with E-state index in [9.17, 15) is 4.79 Å². The molecule has 21 heavy (non-hydrogen) atoms. The molecule has 1 aromatic heterocycles. The Morgan fingerprint density at radius 2 is 2.19 bits per heavy atom. The van der Waals surface area contributed by atoms with Crippen LogP contribution in [0.2, 0.25) is 0 Å². The molecule has 2 heterocycles. The number of amides is 1. The molecule has 0 saturated carbocycles. The van der Waals surface area contributed by atoms with Gasteiger partial charge in [0.25, 0.3) is 0 Å². The summed E-state index contributed by atoms with van der Waals surface area (Å²) in [5, 5.41) is 4.15. The van der Waals surface area contributed by atoms with Crippen molar-refractivity contribution in [1.29, 1.82) is 0 Å². The Kier molecular flexibility index (Phi) is 3.96. The summed E-state index contributed by atoms with van der Waals surface area (Å²) < 4.78 is 1.81. The molecule has 0 spiro atoms. The van der Waals surface area contributed by atoms with E-state index in [4.69, 9.17) is 5.73 Å². The SMILES string of the molecule is NC(=O)[C@@H](c1ccccc1)N1CCC[C@@H]1Cn1cncn1. The minimum Gasteiger partial charge on any atom is -0.368 e. The van der Waals surface area contributed by atoms with E-state index in [-0.39, 0.29) is 18.0 Å². The molecule has 1 amide bonds. The average Bonchev–Trinajstić information content (AvgIpc) is 3.13. The standard InChI is InChI=1S/C15H19N5O/c16-15(21)14(12-5-2-1-3-6-12)20-8-4-7-13(20)9-19-11-17-10-18-19/h1-3,5-6,10-11,13-14H,4,7-9H2,(H2,16,21)/t13-,14-/m1/s1. The van der Waals surface area contributed by atoms with Crippen LogP contribution in [0.25, 0.3) is 0 Å². The monoisotopic (exact) mass is 285 g/mol. The Labute approximate surface area is 123 Å². The Bertz CT molecular complexity index is 583. The van der Waals surface area contributed by atoms with Crippen molar-refractivity contribution in [2.24, 2.45) is 5.73 Å². The predicted octanol–water partition coefficient (Wildman–Crippen LogP) is 0.969. The summed E-state index contributed by atoms with van der Waals surface area (Å²) in [6, 6.07) is 9.62. The fraction of sp³-hybridized carbons (Fsp3) is 0.400. The fourth-order valence-electron chi connectivity index (χ4n) is 3.09. The number of primary amides is 1. The van der Waals surface area contributed by atoms with Gasteiger partial charge in [-0.25, -0.2) is 4.98 Å². The Morgan fingerprint density at radius 3 is 2.86 bits per heavy atom. The van der Waals surface area contributed by atoms with Gasteiger partial charge in [0.2, 0.25) is 5.91 Å². The molecule has 6 heteroatoms. The molecule has 1 aromatic carbocycles. The van der Waals surface area contributed by atoms with Gasteiger partial charge in [-0.3, -0.25) is 14.4 Å². The largest absolute Gasteiger partial charge is 0.368 e. The minimum atomic E-state index is -0.373. The first kappa shape index (κ1) is 13.8. The second-order valence-electron chi connectivity index (χ2n) is 5.37. The minimum absolute atomic E-state index is 0.254. The molecule has 110 valence electrons. The Morgan fingerprint density at radius 1 is 1.38 bits per heavy atom. The molecule has 2 atom stereocenters. The van der Waals surface area contributed by atoms with E-state index >= 15 is 0 Å². The van der Waals surface area contributed by atoms with Gasteiger partial charge < -0.3 is 5.73 Å². The Balaban J connectivity index is 1.83. The zero-order valence-corrected chi connectivity index (χ0v) is 11.8. The van der Waals surface area contributed by atoms with Crippen molar-refractivity contribution in [1.82, 2.24) is 19.7 Å². The van der Waals surface area contributed by atoms with Crippen LogP contribution in [0, 0.1) is 0 Å². The van der Waals surface area contributed by atoms with E-state index in [0.29, 0.717) is 0 Å². The third kappa shape index (κ3) is 2.95. The zero-order chi connectivity index (χ0) is 14.7. The summed E-state index contributed by atoms with van der Waals surface area (Å²) in [6.07, 6.45) is 5.34. The summed E-state index contributed by atoms with van der Waals surface area (Å²) >= 11 is 0. The van der Waals surface area contributed by atoms with Gasteiger partial charge >= 0.3 is 0 Å². The number of carbonyl (C=O) groups excluding carboxylic acids is 1. The molecule has 0 bridgehead atoms. The zero-order valence-electron chi connectivity index (χ0n) is 11.8. The smallest absolute Gasteiger partial charge is 0.239 e. The number of aromatic nitrogens is 3. The summed E-state index contributed by atoms with van der Waals surface area (Å²) in [5.74, 6) is -0.299. The van der Waals surface area contributed by atoms with Crippen LogP contribution in [0.15, 0.2) is 43.0 Å². The molecule has 0 radical (unpaired) electrons. The molecular weight excluding hydrogens is 266 g/mol. The number of hydrogen-bond donors (Lipinski definition) is 1. The van der Waals surface area contributed by atoms with Gasteiger partial charge in [0.05, 0.1) is 6.54 Å². The molecule has 0 unspecified atom stereocenters. The van der Waals surface area contributed by atoms with E-state index in [2.05, 4.69) is 15.0 Å². The Hall–Kier alpha value is -2.21. The number of benzene rings is 1. The van der Waals surface area contributed by atoms with Crippen molar-refractivity contribution >= 4 is 5.91 Å². The van der Waals surface area contributed by atoms with Crippen LogP contribution in [0.4, 0.5) is 0 Å². The quantitative estimate of drug-likeness (QED) is 0.888. The van der Waals surface area contributed by atoms with Gasteiger partial charge in [0.15, 0.2) is 0 Å². The lowest BCUT2D eigenvalue weighted by Gasteiger charge is -2.31. The highest BCUT2D eigenvalue weighted by Crippen LogP contribution is 2.30. The normalized spacial score (nSPS) is 20.5. The molecule has 0 aliphatic carbocycles. The van der Waals surface area contributed by atoms with Gasteiger partial charge in [-0.05, 0) is 24.9 Å². The van der Waals surface area contributed by atoms with Crippen molar-refractivity contribution < 1.29 is 4.79 Å². The van der Waals surface area contributed by atoms with Crippen LogP contribution in [0.3, 0.4) is 0 Å². The van der Waals surface area contributed by atoms with Crippen molar-refractivity contribution in [3.8, 4) is 0 Å². The second-order valence-corrected chi connectivity index (χ2v) is 5.37. The molecule has 1 fully saturated rings. The average molecular weight is 285 g/mol. The van der Waals surface area contributed by atoms with Crippen molar-refractivity contribution in [2.75, 3.05) is 6.54 Å². The molecule has 6 nitrogen and oxygen atoms in total. The number of nitrogens with two attached hydrogens (primary N) is 1. The molecule has 2 N–H and O–H groups in total. The summed E-state index contributed by atoms with van der Waals surface area (Å²) in [6.45, 7) is 1.61. The third-order valence-corrected chi connectivity index (χ3v) is 4.00. The lowest BCUT2D eigenvalue weighted by Crippen LogP contribution is -2.42. The van der Waals surface area contributed by atoms with Gasteiger partial charge in [-0.2, -0.15) is 5.10 Å². The maximum Gasteiger partial charge on any atom is 0.239 e. The molecule has 2 aromatic rings. The van der Waals surface area contributed by atoms with E-state index < -0.39 is 0 Å². The van der Waals surface area contributed by atoms with Crippen LogP contribution in [-0.4, -0.2) is 38.2 Å². The third-order valence-electron chi connectivity index (χ3n) is 4.00. The highest BCUT2D eigenvalue weighted by atomic mass is 16.1. The van der Waals surface area contributed by atoms with Crippen LogP contribution in [0.1, 0.15) is 24.4 Å². The highest BCUT2D eigenvalue weighted by Gasteiger charge is 2.34. The van der Waals surface area contributed by atoms with Crippen molar-refractivity contribution in [2.45, 2.75) is 31.5 Å². The van der Waals surface area contributed by atoms with Gasteiger partial charge in [0.1, 0.15) is 18.7 Å². The molecule has 1 aliphatic heterocycles. The number of carbonyl (C=O) groups is 1. The van der Waals surface area contributed by atoms with Crippen LogP contribution in [-0.2, 0) is 11.3 Å². The van der Waals surface area contributed by atoms with Gasteiger partial charge in [-0.1, -0.05) is 30.3 Å². The van der Waals surface area contributed by atoms with Crippen LogP contribution < -0.4 is 5.73 Å². The van der Waals surface area contributed by atoms with Gasteiger partial charge in [-0.15, -0.1) is 0 Å². The van der Waals surface area contributed by atoms with E-state index in [1.54, 1.807) is 6.33 Å². The number of rotatable bonds is 5. The molecule has 1 aliphatic rings. The first-order valence-corrected chi connectivity index (χ1v) is 7.18. The summed E-state index contributed by atoms with van der Waals surface area (Å²) in [4.78, 5) is 18.1. The van der Waals surface area contributed by atoms with E-state index in [0.717, 1.165) is 31.5 Å². The molecule has 3 rings (SSSR count). The van der Waals surface area contributed by atoms with Crippen molar-refractivity contribution in [3.63, 3.8) is 0 Å². The highest BCUT2D eigenvalue weighted by molar-refractivity contribution is 5.81. The number of likely N-dealkylation sites (tertiary alicyclic amines) is 1. The fourth-order valence-corrected chi connectivity index (χ4v) is 3.09. The van der Waals surface area contributed by atoms with E-state index in [1.165, 1.54) is 6.33 Å². The maximum absolute atomic E-state index is 12.0. The lowest BCUT2D eigenvalue weighted by molar-refractivity contribution is -0.124. The summed E-state index contributed by atoms with van der Waals surface area (Å²) in [5.41, 5.74) is 6.62. The number of hydrogen-bond acceptors (Lipinski definition) is 4.